The number of hydrogen-bond donors (Lipinski definition) is 1. The van der Waals surface area contributed by atoms with Gasteiger partial charge in [0.25, 0.3) is 0 Å². The van der Waals surface area contributed by atoms with E-state index < -0.39 is 0 Å². The van der Waals surface area contributed by atoms with Gasteiger partial charge in [0.2, 0.25) is 0 Å². The highest BCUT2D eigenvalue weighted by Crippen LogP contribution is 2.07. The monoisotopic (exact) mass is 261 g/mol. The molecule has 0 aliphatic rings. The van der Waals surface area contributed by atoms with Crippen molar-refractivity contribution in [2.45, 2.75) is 52.9 Å². The standard InChI is InChI=1S/C14H23N5/c1-11(2)15-9-14-5-7-16-19(14)10-13-6-8-18(17-13)12(3)4/h5-8,11-12,15H,9-10H2,1-4H3. The zero-order chi connectivity index (χ0) is 13.8. The molecule has 0 spiro atoms. The van der Waals surface area contributed by atoms with Crippen LogP contribution in [-0.4, -0.2) is 25.6 Å². The van der Waals surface area contributed by atoms with Gasteiger partial charge in [0.1, 0.15) is 0 Å². The third kappa shape index (κ3) is 3.67. The zero-order valence-electron chi connectivity index (χ0n) is 12.2. The number of hydrogen-bond acceptors (Lipinski definition) is 3. The molecule has 5 nitrogen and oxygen atoms in total. The minimum absolute atomic E-state index is 0.397. The molecule has 0 aliphatic carbocycles. The highest BCUT2D eigenvalue weighted by Gasteiger charge is 2.07. The van der Waals surface area contributed by atoms with E-state index in [1.807, 2.05) is 21.8 Å². The summed E-state index contributed by atoms with van der Waals surface area (Å²) in [5.41, 5.74) is 2.23. The van der Waals surface area contributed by atoms with Crippen molar-refractivity contribution in [1.82, 2.24) is 24.9 Å². The van der Waals surface area contributed by atoms with Gasteiger partial charge < -0.3 is 5.32 Å². The quantitative estimate of drug-likeness (QED) is 0.867. The van der Waals surface area contributed by atoms with Crippen LogP contribution in [0.1, 0.15) is 45.1 Å². The smallest absolute Gasteiger partial charge is 0.0853 e. The van der Waals surface area contributed by atoms with Gasteiger partial charge in [-0.25, -0.2) is 0 Å². The van der Waals surface area contributed by atoms with Crippen molar-refractivity contribution in [3.63, 3.8) is 0 Å². The SMILES string of the molecule is CC(C)NCc1ccnn1Cc1ccn(C(C)C)n1. The van der Waals surface area contributed by atoms with E-state index in [9.17, 15) is 0 Å². The Labute approximate surface area is 114 Å². The van der Waals surface area contributed by atoms with Gasteiger partial charge in [-0.1, -0.05) is 13.8 Å². The molecule has 0 unspecified atom stereocenters. The normalized spacial score (nSPS) is 11.7. The molecular weight excluding hydrogens is 238 g/mol. The fraction of sp³-hybridized carbons (Fsp3) is 0.571. The molecule has 1 N–H and O–H groups in total. The Morgan fingerprint density at radius 2 is 2.00 bits per heavy atom. The average Bonchev–Trinajstić information content (AvgIpc) is 2.96. The van der Waals surface area contributed by atoms with E-state index in [0.717, 1.165) is 18.8 Å². The van der Waals surface area contributed by atoms with Crippen molar-refractivity contribution in [3.05, 3.63) is 35.9 Å². The number of rotatable bonds is 6. The molecule has 2 rings (SSSR count). The van der Waals surface area contributed by atoms with Crippen molar-refractivity contribution >= 4 is 0 Å². The van der Waals surface area contributed by atoms with Crippen LogP contribution in [0.15, 0.2) is 24.5 Å². The third-order valence-electron chi connectivity index (χ3n) is 3.00. The largest absolute Gasteiger partial charge is 0.309 e. The van der Waals surface area contributed by atoms with Gasteiger partial charge in [-0.15, -0.1) is 0 Å². The maximum Gasteiger partial charge on any atom is 0.0853 e. The molecule has 0 bridgehead atoms. The summed E-state index contributed by atoms with van der Waals surface area (Å²) >= 11 is 0. The van der Waals surface area contributed by atoms with Crippen molar-refractivity contribution < 1.29 is 0 Å². The molecule has 0 saturated heterocycles. The lowest BCUT2D eigenvalue weighted by atomic mass is 10.3. The van der Waals surface area contributed by atoms with E-state index in [-0.39, 0.29) is 0 Å². The minimum atomic E-state index is 0.397. The van der Waals surface area contributed by atoms with Crippen molar-refractivity contribution in [2.75, 3.05) is 0 Å². The van der Waals surface area contributed by atoms with Crippen LogP contribution in [0.5, 0.6) is 0 Å². The minimum Gasteiger partial charge on any atom is -0.309 e. The molecule has 0 fully saturated rings. The summed E-state index contributed by atoms with van der Waals surface area (Å²) in [6, 6.07) is 4.98. The Hall–Kier alpha value is -1.62. The number of aromatic nitrogens is 4. The van der Waals surface area contributed by atoms with E-state index in [1.54, 1.807) is 0 Å². The van der Waals surface area contributed by atoms with Crippen LogP contribution in [-0.2, 0) is 13.1 Å². The fourth-order valence-corrected chi connectivity index (χ4v) is 1.86. The summed E-state index contributed by atoms with van der Waals surface area (Å²) in [6.45, 7) is 10.1. The van der Waals surface area contributed by atoms with Gasteiger partial charge in [0, 0.05) is 31.0 Å². The highest BCUT2D eigenvalue weighted by atomic mass is 15.3. The van der Waals surface area contributed by atoms with Crippen LogP contribution in [0.4, 0.5) is 0 Å². The Morgan fingerprint density at radius 1 is 1.21 bits per heavy atom. The molecule has 19 heavy (non-hydrogen) atoms. The van der Waals surface area contributed by atoms with E-state index in [0.29, 0.717) is 12.1 Å². The van der Waals surface area contributed by atoms with Crippen LogP contribution in [0.2, 0.25) is 0 Å². The first-order chi connectivity index (χ1) is 9.06. The van der Waals surface area contributed by atoms with Gasteiger partial charge in [-0.2, -0.15) is 10.2 Å². The van der Waals surface area contributed by atoms with Crippen LogP contribution in [0.3, 0.4) is 0 Å². The van der Waals surface area contributed by atoms with Crippen LogP contribution < -0.4 is 5.32 Å². The fourth-order valence-electron chi connectivity index (χ4n) is 1.86. The average molecular weight is 261 g/mol. The number of nitrogens with one attached hydrogen (secondary N) is 1. The number of nitrogens with zero attached hydrogens (tertiary/aromatic N) is 4. The molecule has 2 aromatic heterocycles. The lowest BCUT2D eigenvalue weighted by Gasteiger charge is -2.10. The van der Waals surface area contributed by atoms with Crippen LogP contribution in [0.25, 0.3) is 0 Å². The Morgan fingerprint density at radius 3 is 2.63 bits per heavy atom. The van der Waals surface area contributed by atoms with Crippen LogP contribution in [0, 0.1) is 0 Å². The molecule has 0 atom stereocenters. The second-order valence-electron chi connectivity index (χ2n) is 5.40. The summed E-state index contributed by atoms with van der Waals surface area (Å²) < 4.78 is 3.98. The summed E-state index contributed by atoms with van der Waals surface area (Å²) in [7, 11) is 0. The summed E-state index contributed by atoms with van der Waals surface area (Å²) in [6.07, 6.45) is 3.87. The van der Waals surface area contributed by atoms with Gasteiger partial charge in [-0.05, 0) is 26.0 Å². The van der Waals surface area contributed by atoms with Gasteiger partial charge in [-0.3, -0.25) is 9.36 Å². The molecule has 5 heteroatoms. The molecule has 0 radical (unpaired) electrons. The van der Waals surface area contributed by atoms with E-state index in [1.165, 1.54) is 5.69 Å². The molecule has 0 aliphatic heterocycles. The maximum absolute atomic E-state index is 4.56. The second kappa shape index (κ2) is 6.02. The molecule has 0 aromatic carbocycles. The van der Waals surface area contributed by atoms with E-state index in [2.05, 4.69) is 55.3 Å². The molecule has 2 heterocycles. The molecule has 0 saturated carbocycles. The van der Waals surface area contributed by atoms with Gasteiger partial charge >= 0.3 is 0 Å². The van der Waals surface area contributed by atoms with Gasteiger partial charge in [0.15, 0.2) is 0 Å². The molecular formula is C14H23N5. The van der Waals surface area contributed by atoms with E-state index in [4.69, 9.17) is 0 Å². The molecule has 2 aromatic rings. The first-order valence-corrected chi connectivity index (χ1v) is 6.84. The topological polar surface area (TPSA) is 47.7 Å². The lowest BCUT2D eigenvalue weighted by Crippen LogP contribution is -2.24. The van der Waals surface area contributed by atoms with Crippen LogP contribution >= 0.6 is 0 Å². The lowest BCUT2D eigenvalue weighted by molar-refractivity contribution is 0.513. The van der Waals surface area contributed by atoms with E-state index >= 15 is 0 Å². The first kappa shape index (κ1) is 13.8. The van der Waals surface area contributed by atoms with Crippen molar-refractivity contribution in [1.29, 1.82) is 0 Å². The Bertz CT molecular complexity index is 509. The van der Waals surface area contributed by atoms with Gasteiger partial charge in [0.05, 0.1) is 17.9 Å². The summed E-state index contributed by atoms with van der Waals surface area (Å²) in [5.74, 6) is 0. The second-order valence-corrected chi connectivity index (χ2v) is 5.40. The third-order valence-corrected chi connectivity index (χ3v) is 3.00. The van der Waals surface area contributed by atoms with Crippen molar-refractivity contribution in [3.8, 4) is 0 Å². The molecule has 104 valence electrons. The highest BCUT2D eigenvalue weighted by molar-refractivity contribution is 5.06. The maximum atomic E-state index is 4.56. The molecule has 0 amide bonds. The zero-order valence-corrected chi connectivity index (χ0v) is 12.2. The summed E-state index contributed by atoms with van der Waals surface area (Å²) in [4.78, 5) is 0. The first-order valence-electron chi connectivity index (χ1n) is 6.84. The Balaban J connectivity index is 2.04. The Kier molecular flexibility index (Phi) is 4.37. The van der Waals surface area contributed by atoms with Crippen molar-refractivity contribution in [2.24, 2.45) is 0 Å². The predicted octanol–water partition coefficient (Wildman–Crippen LogP) is 2.21. The predicted molar refractivity (Wildman–Crippen MR) is 75.9 cm³/mol. The summed E-state index contributed by atoms with van der Waals surface area (Å²) in [5, 5.41) is 12.3.